The second kappa shape index (κ2) is 9.79. The van der Waals surface area contributed by atoms with E-state index in [-0.39, 0.29) is 24.0 Å². The number of aliphatic hydroxyl groups is 1. The molecule has 0 aromatic heterocycles. The number of aliphatic hydroxyl groups excluding tert-OH is 1. The van der Waals surface area contributed by atoms with E-state index in [4.69, 9.17) is 4.74 Å². The number of piperidine rings is 2. The number of ether oxygens (including phenoxy) is 1. The number of nitrogens with one attached hydrogen (secondary N) is 1. The Labute approximate surface area is 178 Å². The number of carbonyl (C=O) groups excluding carboxylic acids is 2. The van der Waals surface area contributed by atoms with Crippen molar-refractivity contribution in [1.82, 2.24) is 15.1 Å². The first-order valence-electron chi connectivity index (χ1n) is 11.3. The number of likely N-dealkylation sites (tertiary alicyclic amines) is 2. The van der Waals surface area contributed by atoms with Crippen LogP contribution in [0.3, 0.4) is 0 Å². The summed E-state index contributed by atoms with van der Waals surface area (Å²) < 4.78 is 6.06. The van der Waals surface area contributed by atoms with Gasteiger partial charge in [0.05, 0.1) is 6.10 Å². The Morgan fingerprint density at radius 3 is 2.43 bits per heavy atom. The maximum Gasteiger partial charge on any atom is 0.251 e. The molecule has 2 aliphatic heterocycles. The quantitative estimate of drug-likeness (QED) is 0.708. The monoisotopic (exact) mass is 415 g/mol. The lowest BCUT2D eigenvalue weighted by Crippen LogP contribution is -2.42. The molecule has 3 fully saturated rings. The zero-order valence-electron chi connectivity index (χ0n) is 17.6. The molecule has 7 heteroatoms. The van der Waals surface area contributed by atoms with E-state index in [1.807, 2.05) is 17.0 Å². The summed E-state index contributed by atoms with van der Waals surface area (Å²) in [6, 6.07) is 7.28. The molecule has 2 saturated heterocycles. The summed E-state index contributed by atoms with van der Waals surface area (Å²) in [5.74, 6) is 1.28. The van der Waals surface area contributed by atoms with Crippen molar-refractivity contribution in [3.05, 3.63) is 29.8 Å². The van der Waals surface area contributed by atoms with Gasteiger partial charge in [-0.1, -0.05) is 0 Å². The SMILES string of the molecule is O=C(NCCN1CCCC(O)C1)c1ccc(OC2CCN(C(=O)C3CC3)CC2)cc1. The van der Waals surface area contributed by atoms with E-state index in [2.05, 4.69) is 10.2 Å². The minimum atomic E-state index is -0.243. The summed E-state index contributed by atoms with van der Waals surface area (Å²) in [5.41, 5.74) is 0.617. The van der Waals surface area contributed by atoms with Crippen LogP contribution in [-0.4, -0.2) is 78.2 Å². The second-order valence-corrected chi connectivity index (χ2v) is 8.79. The van der Waals surface area contributed by atoms with Crippen LogP contribution in [0.25, 0.3) is 0 Å². The lowest BCUT2D eigenvalue weighted by atomic mass is 10.1. The highest BCUT2D eigenvalue weighted by molar-refractivity contribution is 5.94. The highest BCUT2D eigenvalue weighted by atomic mass is 16.5. The first kappa shape index (κ1) is 21.1. The van der Waals surface area contributed by atoms with Crippen LogP contribution < -0.4 is 10.1 Å². The van der Waals surface area contributed by atoms with Crippen molar-refractivity contribution in [3.8, 4) is 5.75 Å². The summed E-state index contributed by atoms with van der Waals surface area (Å²) in [5, 5.41) is 12.7. The fourth-order valence-corrected chi connectivity index (χ4v) is 4.32. The molecule has 7 nitrogen and oxygen atoms in total. The van der Waals surface area contributed by atoms with Gasteiger partial charge in [0, 0.05) is 57.0 Å². The molecule has 0 spiro atoms. The number of benzene rings is 1. The number of β-amino-alcohol motifs (C(OH)–C–C–N with tert-alkyl or cyclic N) is 1. The van der Waals surface area contributed by atoms with Gasteiger partial charge in [0.25, 0.3) is 5.91 Å². The van der Waals surface area contributed by atoms with Crippen LogP contribution in [0.5, 0.6) is 5.75 Å². The molecule has 30 heavy (non-hydrogen) atoms. The molecule has 2 heterocycles. The molecule has 2 amide bonds. The third-order valence-corrected chi connectivity index (χ3v) is 6.29. The fourth-order valence-electron chi connectivity index (χ4n) is 4.32. The Balaban J connectivity index is 1.17. The molecule has 3 aliphatic rings. The fraction of sp³-hybridized carbons (Fsp3) is 0.652. The predicted molar refractivity (Wildman–Crippen MR) is 113 cm³/mol. The number of rotatable bonds is 7. The van der Waals surface area contributed by atoms with Gasteiger partial charge in [-0.15, -0.1) is 0 Å². The first-order chi connectivity index (χ1) is 14.6. The zero-order valence-corrected chi connectivity index (χ0v) is 17.6. The molecular formula is C23H33N3O4. The van der Waals surface area contributed by atoms with Gasteiger partial charge < -0.3 is 20.1 Å². The Hall–Kier alpha value is -2.12. The molecule has 0 radical (unpaired) electrons. The van der Waals surface area contributed by atoms with Crippen molar-refractivity contribution in [2.24, 2.45) is 5.92 Å². The third kappa shape index (κ3) is 5.73. The average molecular weight is 416 g/mol. The topological polar surface area (TPSA) is 82.1 Å². The molecule has 0 bridgehead atoms. The highest BCUT2D eigenvalue weighted by Crippen LogP contribution is 2.32. The Bertz CT molecular complexity index is 726. The number of hydrogen-bond donors (Lipinski definition) is 2. The maximum absolute atomic E-state index is 12.4. The first-order valence-corrected chi connectivity index (χ1v) is 11.3. The van der Waals surface area contributed by atoms with E-state index in [0.717, 1.165) is 70.5 Å². The number of carbonyl (C=O) groups is 2. The number of amides is 2. The second-order valence-electron chi connectivity index (χ2n) is 8.79. The van der Waals surface area contributed by atoms with Crippen LogP contribution >= 0.6 is 0 Å². The minimum Gasteiger partial charge on any atom is -0.490 e. The van der Waals surface area contributed by atoms with E-state index in [1.165, 1.54) is 0 Å². The van der Waals surface area contributed by atoms with Crippen LogP contribution in [0.1, 0.15) is 48.9 Å². The van der Waals surface area contributed by atoms with Gasteiger partial charge in [-0.25, -0.2) is 0 Å². The molecule has 1 unspecified atom stereocenters. The summed E-state index contributed by atoms with van der Waals surface area (Å²) in [6.07, 6.45) is 5.56. The largest absolute Gasteiger partial charge is 0.490 e. The Kier molecular flexibility index (Phi) is 6.89. The number of hydrogen-bond acceptors (Lipinski definition) is 5. The van der Waals surface area contributed by atoms with Gasteiger partial charge in [-0.3, -0.25) is 14.5 Å². The van der Waals surface area contributed by atoms with E-state index in [1.54, 1.807) is 12.1 Å². The summed E-state index contributed by atoms with van der Waals surface area (Å²) in [4.78, 5) is 28.7. The van der Waals surface area contributed by atoms with Crippen molar-refractivity contribution in [2.45, 2.75) is 50.7 Å². The standard InChI is InChI=1S/C23H33N3O4/c27-19-2-1-12-25(16-19)15-11-24-22(28)17-5-7-20(8-6-17)30-21-9-13-26(14-10-21)23(29)18-3-4-18/h5-8,18-19,21,27H,1-4,9-16H2,(H,24,28). The summed E-state index contributed by atoms with van der Waals surface area (Å²) >= 11 is 0. The van der Waals surface area contributed by atoms with Crippen LogP contribution in [0.4, 0.5) is 0 Å². The van der Waals surface area contributed by atoms with Crippen LogP contribution in [0.2, 0.25) is 0 Å². The third-order valence-electron chi connectivity index (χ3n) is 6.29. The van der Waals surface area contributed by atoms with Crippen molar-refractivity contribution in [1.29, 1.82) is 0 Å². The summed E-state index contributed by atoms with van der Waals surface area (Å²) in [6.45, 7) is 4.54. The van der Waals surface area contributed by atoms with Gasteiger partial charge in [-0.05, 0) is 56.5 Å². The van der Waals surface area contributed by atoms with Gasteiger partial charge in [0.2, 0.25) is 5.91 Å². The van der Waals surface area contributed by atoms with Crippen molar-refractivity contribution in [3.63, 3.8) is 0 Å². The van der Waals surface area contributed by atoms with Crippen molar-refractivity contribution in [2.75, 3.05) is 39.3 Å². The molecule has 1 aromatic rings. The molecule has 4 rings (SSSR count). The highest BCUT2D eigenvalue weighted by Gasteiger charge is 2.35. The maximum atomic E-state index is 12.4. The van der Waals surface area contributed by atoms with E-state index >= 15 is 0 Å². The summed E-state index contributed by atoms with van der Waals surface area (Å²) in [7, 11) is 0. The molecule has 1 aliphatic carbocycles. The predicted octanol–water partition coefficient (Wildman–Crippen LogP) is 1.65. The van der Waals surface area contributed by atoms with Crippen molar-refractivity contribution >= 4 is 11.8 Å². The van der Waals surface area contributed by atoms with Crippen LogP contribution in [-0.2, 0) is 4.79 Å². The number of nitrogens with zero attached hydrogens (tertiary/aromatic N) is 2. The zero-order chi connectivity index (χ0) is 20.9. The van der Waals surface area contributed by atoms with Crippen molar-refractivity contribution < 1.29 is 19.4 Å². The molecule has 2 N–H and O–H groups in total. The normalized spacial score (nSPS) is 23.2. The average Bonchev–Trinajstić information content (AvgIpc) is 3.60. The lowest BCUT2D eigenvalue weighted by Gasteiger charge is -2.32. The molecule has 1 saturated carbocycles. The van der Waals surface area contributed by atoms with Gasteiger partial charge in [0.1, 0.15) is 11.9 Å². The Morgan fingerprint density at radius 1 is 1.03 bits per heavy atom. The molecular weight excluding hydrogens is 382 g/mol. The van der Waals surface area contributed by atoms with Gasteiger partial charge >= 0.3 is 0 Å². The minimum absolute atomic E-state index is 0.0917. The molecule has 1 atom stereocenters. The van der Waals surface area contributed by atoms with E-state index < -0.39 is 0 Å². The smallest absolute Gasteiger partial charge is 0.251 e. The molecule has 164 valence electrons. The molecule has 1 aromatic carbocycles. The lowest BCUT2D eigenvalue weighted by molar-refractivity contribution is -0.134. The van der Waals surface area contributed by atoms with E-state index in [0.29, 0.717) is 24.6 Å². The van der Waals surface area contributed by atoms with Gasteiger partial charge in [-0.2, -0.15) is 0 Å². The van der Waals surface area contributed by atoms with Gasteiger partial charge in [0.15, 0.2) is 0 Å². The van der Waals surface area contributed by atoms with E-state index in [9.17, 15) is 14.7 Å². The van der Waals surface area contributed by atoms with Crippen LogP contribution in [0.15, 0.2) is 24.3 Å². The van der Waals surface area contributed by atoms with Crippen LogP contribution in [0, 0.1) is 5.92 Å². The Morgan fingerprint density at radius 2 is 1.77 bits per heavy atom.